The number of fused-ring (bicyclic) bond motifs is 1. The van der Waals surface area contributed by atoms with Crippen molar-refractivity contribution < 1.29 is 9.59 Å². The Morgan fingerprint density at radius 3 is 2.86 bits per heavy atom. The Morgan fingerprint density at radius 1 is 1.25 bits per heavy atom. The average molecular weight is 505 g/mol. The monoisotopic (exact) mass is 504 g/mol. The fourth-order valence-corrected chi connectivity index (χ4v) is 5.19. The quantitative estimate of drug-likeness (QED) is 0.351. The van der Waals surface area contributed by atoms with E-state index in [9.17, 15) is 9.59 Å². The van der Waals surface area contributed by atoms with Gasteiger partial charge in [-0.05, 0) is 68.6 Å². The zero-order valence-corrected chi connectivity index (χ0v) is 21.0. The smallest absolute Gasteiger partial charge is 0.271 e. The average Bonchev–Trinajstić information content (AvgIpc) is 3.48. The number of nitrogens with one attached hydrogen (secondary N) is 2. The van der Waals surface area contributed by atoms with Gasteiger partial charge in [0.2, 0.25) is 0 Å². The van der Waals surface area contributed by atoms with Gasteiger partial charge in [0, 0.05) is 48.3 Å². The predicted octanol–water partition coefficient (Wildman–Crippen LogP) is 3.46. The summed E-state index contributed by atoms with van der Waals surface area (Å²) < 4.78 is 6.40. The van der Waals surface area contributed by atoms with Crippen molar-refractivity contribution in [2.45, 2.75) is 39.3 Å². The minimum atomic E-state index is -0.659. The first-order chi connectivity index (χ1) is 17.4. The van der Waals surface area contributed by atoms with Crippen LogP contribution in [0.3, 0.4) is 0 Å². The van der Waals surface area contributed by atoms with Gasteiger partial charge in [-0.2, -0.15) is 4.37 Å². The lowest BCUT2D eigenvalue weighted by Gasteiger charge is -2.34. The van der Waals surface area contributed by atoms with E-state index in [1.807, 2.05) is 43.5 Å². The maximum Gasteiger partial charge on any atom is 0.271 e. The van der Waals surface area contributed by atoms with Crippen LogP contribution in [-0.4, -0.2) is 49.9 Å². The SMILES string of the molecule is CCn1ccc2cc(C(=O)NC3CCCN(c4cnc(C(N)=O)c(Nc5cc(C)ns5)n4)C3)ccc21. The van der Waals surface area contributed by atoms with Crippen LogP contribution < -0.4 is 21.3 Å². The Balaban J connectivity index is 1.31. The van der Waals surface area contributed by atoms with Crippen molar-refractivity contribution in [2.75, 3.05) is 23.3 Å². The first-order valence-electron chi connectivity index (χ1n) is 11.9. The van der Waals surface area contributed by atoms with Crippen LogP contribution in [0.15, 0.2) is 42.7 Å². The number of carbonyl (C=O) groups is 2. The summed E-state index contributed by atoms with van der Waals surface area (Å²) in [6.45, 7) is 6.23. The number of hydrogen-bond acceptors (Lipinski definition) is 8. The highest BCUT2D eigenvalue weighted by Gasteiger charge is 2.25. The lowest BCUT2D eigenvalue weighted by atomic mass is 10.0. The molecule has 4 N–H and O–H groups in total. The maximum absolute atomic E-state index is 13.0. The minimum Gasteiger partial charge on any atom is -0.364 e. The highest BCUT2D eigenvalue weighted by molar-refractivity contribution is 7.10. The molecule has 11 heteroatoms. The van der Waals surface area contributed by atoms with Crippen LogP contribution in [0.2, 0.25) is 0 Å². The molecule has 1 aliphatic heterocycles. The summed E-state index contributed by atoms with van der Waals surface area (Å²) in [5.41, 5.74) is 8.22. The molecule has 3 aromatic heterocycles. The van der Waals surface area contributed by atoms with Crippen molar-refractivity contribution in [2.24, 2.45) is 5.73 Å². The number of anilines is 3. The number of carbonyl (C=O) groups excluding carboxylic acids is 2. The highest BCUT2D eigenvalue weighted by Crippen LogP contribution is 2.26. The molecule has 1 unspecified atom stereocenters. The first kappa shape index (κ1) is 23.7. The Bertz CT molecular complexity index is 1430. The molecule has 0 bridgehead atoms. The van der Waals surface area contributed by atoms with Gasteiger partial charge in [-0.1, -0.05) is 0 Å². The fourth-order valence-electron chi connectivity index (χ4n) is 4.53. The van der Waals surface area contributed by atoms with Crippen LogP contribution in [0.25, 0.3) is 10.9 Å². The third-order valence-electron chi connectivity index (χ3n) is 6.32. The second-order valence-electron chi connectivity index (χ2n) is 8.88. The largest absolute Gasteiger partial charge is 0.364 e. The van der Waals surface area contributed by atoms with Crippen LogP contribution in [0, 0.1) is 6.92 Å². The van der Waals surface area contributed by atoms with E-state index in [-0.39, 0.29) is 17.6 Å². The van der Waals surface area contributed by atoms with Crippen LogP contribution in [0.4, 0.5) is 16.6 Å². The molecule has 4 aromatic rings. The van der Waals surface area contributed by atoms with Crippen LogP contribution in [0.5, 0.6) is 0 Å². The van der Waals surface area contributed by atoms with Crippen LogP contribution in [-0.2, 0) is 6.54 Å². The van der Waals surface area contributed by atoms with E-state index in [0.29, 0.717) is 23.7 Å². The number of nitrogens with zero attached hydrogens (tertiary/aromatic N) is 5. The van der Waals surface area contributed by atoms with Gasteiger partial charge in [0.1, 0.15) is 10.8 Å². The Morgan fingerprint density at radius 2 is 2.11 bits per heavy atom. The lowest BCUT2D eigenvalue weighted by Crippen LogP contribution is -2.48. The molecule has 0 aliphatic carbocycles. The van der Waals surface area contributed by atoms with Gasteiger partial charge < -0.3 is 25.8 Å². The number of piperidine rings is 1. The molecule has 1 fully saturated rings. The molecule has 2 amide bonds. The van der Waals surface area contributed by atoms with Crippen molar-refractivity contribution >= 4 is 50.9 Å². The minimum absolute atomic E-state index is 0.0413. The van der Waals surface area contributed by atoms with E-state index in [0.717, 1.165) is 47.5 Å². The summed E-state index contributed by atoms with van der Waals surface area (Å²) in [5.74, 6) is 0.158. The Labute approximate surface area is 212 Å². The van der Waals surface area contributed by atoms with Gasteiger partial charge in [0.05, 0.1) is 11.9 Å². The van der Waals surface area contributed by atoms with Crippen molar-refractivity contribution in [3.63, 3.8) is 0 Å². The highest BCUT2D eigenvalue weighted by atomic mass is 32.1. The summed E-state index contributed by atoms with van der Waals surface area (Å²) in [6, 6.07) is 9.66. The van der Waals surface area contributed by atoms with Gasteiger partial charge in [0.25, 0.3) is 11.8 Å². The Hall–Kier alpha value is -3.99. The van der Waals surface area contributed by atoms with E-state index in [1.165, 1.54) is 11.5 Å². The number of amides is 2. The third kappa shape index (κ3) is 4.87. The number of nitrogens with two attached hydrogens (primary N) is 1. The van der Waals surface area contributed by atoms with E-state index < -0.39 is 5.91 Å². The third-order valence-corrected chi connectivity index (χ3v) is 7.11. The van der Waals surface area contributed by atoms with Gasteiger partial charge in [0.15, 0.2) is 11.5 Å². The zero-order chi connectivity index (χ0) is 25.2. The molecule has 0 spiro atoms. The molecule has 1 atom stereocenters. The second kappa shape index (κ2) is 9.94. The first-order valence-corrected chi connectivity index (χ1v) is 12.7. The molecular formula is C25H28N8O2S. The van der Waals surface area contributed by atoms with E-state index in [4.69, 9.17) is 5.73 Å². The molecule has 4 heterocycles. The van der Waals surface area contributed by atoms with Crippen molar-refractivity contribution in [1.82, 2.24) is 24.2 Å². The molecule has 1 saturated heterocycles. The van der Waals surface area contributed by atoms with E-state index in [1.54, 1.807) is 6.20 Å². The summed E-state index contributed by atoms with van der Waals surface area (Å²) >= 11 is 1.27. The summed E-state index contributed by atoms with van der Waals surface area (Å²) in [7, 11) is 0. The molecule has 36 heavy (non-hydrogen) atoms. The van der Waals surface area contributed by atoms with Gasteiger partial charge in [-0.3, -0.25) is 9.59 Å². The maximum atomic E-state index is 13.0. The molecule has 5 rings (SSSR count). The van der Waals surface area contributed by atoms with Crippen molar-refractivity contribution in [1.29, 1.82) is 0 Å². The number of aromatic nitrogens is 4. The van der Waals surface area contributed by atoms with E-state index >= 15 is 0 Å². The molecule has 0 saturated carbocycles. The van der Waals surface area contributed by atoms with Crippen molar-refractivity contribution in [3.8, 4) is 0 Å². The zero-order valence-electron chi connectivity index (χ0n) is 20.2. The summed E-state index contributed by atoms with van der Waals surface area (Å²) in [5, 5.41) is 8.10. The van der Waals surface area contributed by atoms with Gasteiger partial charge in [-0.25, -0.2) is 9.97 Å². The summed E-state index contributed by atoms with van der Waals surface area (Å²) in [6.07, 6.45) is 5.35. The summed E-state index contributed by atoms with van der Waals surface area (Å²) in [4.78, 5) is 35.9. The normalized spacial score (nSPS) is 15.7. The molecule has 1 aromatic carbocycles. The molecule has 186 valence electrons. The number of hydrogen-bond donors (Lipinski definition) is 3. The number of benzene rings is 1. The number of rotatable bonds is 7. The fraction of sp³-hybridized carbons (Fsp3) is 0.320. The van der Waals surface area contributed by atoms with Crippen LogP contribution >= 0.6 is 11.5 Å². The van der Waals surface area contributed by atoms with E-state index in [2.05, 4.69) is 41.4 Å². The molecular weight excluding hydrogens is 476 g/mol. The molecule has 10 nitrogen and oxygen atoms in total. The van der Waals surface area contributed by atoms with Gasteiger partial charge in [-0.15, -0.1) is 0 Å². The van der Waals surface area contributed by atoms with Crippen LogP contribution in [0.1, 0.15) is 46.3 Å². The topological polar surface area (TPSA) is 131 Å². The standard InChI is InChI=1S/C25H28N8O2S/c1-3-32-10-8-16-12-17(6-7-19(16)32)25(35)28-18-5-4-9-33(14-18)20-13-27-22(23(26)34)24(29-20)30-21-11-15(2)31-36-21/h6-8,10-13,18H,3-5,9,14H2,1-2H3,(H2,26,34)(H,28,35)(H,29,30). The van der Waals surface area contributed by atoms with Gasteiger partial charge >= 0.3 is 0 Å². The second-order valence-corrected chi connectivity index (χ2v) is 9.69. The number of primary amides is 1. The Kier molecular flexibility index (Phi) is 6.55. The molecule has 0 radical (unpaired) electrons. The van der Waals surface area contributed by atoms with Crippen molar-refractivity contribution in [3.05, 3.63) is 59.7 Å². The molecule has 1 aliphatic rings. The lowest BCUT2D eigenvalue weighted by molar-refractivity contribution is 0.0932. The number of aryl methyl sites for hydroxylation is 2. The predicted molar refractivity (Wildman–Crippen MR) is 141 cm³/mol.